The van der Waals surface area contributed by atoms with E-state index in [1.807, 2.05) is 12.3 Å². The standard InChI is InChI=1S/C17H17NOS/c1-10-18-12(9-20-10)8-15(19)17-14-7-6-11-4-2-3-5-13(11)16(14)17/h2-5,9,14,16-17H,6-8H2,1H3. The summed E-state index contributed by atoms with van der Waals surface area (Å²) in [4.78, 5) is 16.9. The average Bonchev–Trinajstić information content (AvgIpc) is 3.08. The Morgan fingerprint density at radius 1 is 1.40 bits per heavy atom. The zero-order valence-corrected chi connectivity index (χ0v) is 12.3. The van der Waals surface area contributed by atoms with Crippen molar-refractivity contribution < 1.29 is 4.79 Å². The number of aromatic nitrogens is 1. The Bertz CT molecular complexity index is 675. The van der Waals surface area contributed by atoms with Crippen LogP contribution in [0.1, 0.15) is 34.2 Å². The van der Waals surface area contributed by atoms with Gasteiger partial charge in [0.15, 0.2) is 0 Å². The normalized spacial score (nSPS) is 26.8. The number of carbonyl (C=O) groups is 1. The second kappa shape index (κ2) is 4.52. The second-order valence-electron chi connectivity index (χ2n) is 5.95. The summed E-state index contributed by atoms with van der Waals surface area (Å²) < 4.78 is 0. The highest BCUT2D eigenvalue weighted by molar-refractivity contribution is 7.09. The number of Topliss-reactive ketones (excluding diaryl/α,β-unsaturated/α-hetero) is 1. The van der Waals surface area contributed by atoms with Crippen LogP contribution in [0.25, 0.3) is 0 Å². The van der Waals surface area contributed by atoms with Crippen LogP contribution in [-0.4, -0.2) is 10.8 Å². The highest BCUT2D eigenvalue weighted by atomic mass is 32.1. The van der Waals surface area contributed by atoms with Crippen LogP contribution in [0.3, 0.4) is 0 Å². The maximum Gasteiger partial charge on any atom is 0.142 e. The van der Waals surface area contributed by atoms with E-state index in [0.29, 0.717) is 24.0 Å². The molecule has 3 heteroatoms. The summed E-state index contributed by atoms with van der Waals surface area (Å²) in [5.41, 5.74) is 3.83. The van der Waals surface area contributed by atoms with Crippen molar-refractivity contribution in [3.05, 3.63) is 51.5 Å². The molecule has 0 aliphatic heterocycles. The molecular formula is C17H17NOS. The van der Waals surface area contributed by atoms with E-state index >= 15 is 0 Å². The predicted octanol–water partition coefficient (Wildman–Crippen LogP) is 3.54. The van der Waals surface area contributed by atoms with Gasteiger partial charge in [-0.1, -0.05) is 24.3 Å². The van der Waals surface area contributed by atoms with E-state index in [4.69, 9.17) is 0 Å². The van der Waals surface area contributed by atoms with Gasteiger partial charge >= 0.3 is 0 Å². The maximum absolute atomic E-state index is 12.5. The number of nitrogens with zero attached hydrogens (tertiary/aromatic N) is 1. The number of aryl methyl sites for hydroxylation is 2. The lowest BCUT2D eigenvalue weighted by atomic mass is 9.92. The summed E-state index contributed by atoms with van der Waals surface area (Å²) in [6.07, 6.45) is 2.83. The van der Waals surface area contributed by atoms with Crippen LogP contribution in [0, 0.1) is 18.8 Å². The van der Waals surface area contributed by atoms with Crippen LogP contribution >= 0.6 is 11.3 Å². The number of ketones is 1. The number of fused-ring (bicyclic) bond motifs is 3. The largest absolute Gasteiger partial charge is 0.299 e. The van der Waals surface area contributed by atoms with Crippen molar-refractivity contribution in [3.8, 4) is 0 Å². The third-order valence-corrected chi connectivity index (χ3v) is 5.55. The van der Waals surface area contributed by atoms with E-state index < -0.39 is 0 Å². The lowest BCUT2D eigenvalue weighted by Crippen LogP contribution is -2.07. The minimum absolute atomic E-state index is 0.251. The molecule has 3 atom stereocenters. The summed E-state index contributed by atoms with van der Waals surface area (Å²) in [6.45, 7) is 1.99. The Morgan fingerprint density at radius 3 is 3.05 bits per heavy atom. The van der Waals surface area contributed by atoms with Gasteiger partial charge in [-0.2, -0.15) is 0 Å². The van der Waals surface area contributed by atoms with Gasteiger partial charge in [-0.3, -0.25) is 4.79 Å². The second-order valence-corrected chi connectivity index (χ2v) is 7.02. The van der Waals surface area contributed by atoms with E-state index in [0.717, 1.165) is 17.1 Å². The first kappa shape index (κ1) is 12.3. The molecule has 102 valence electrons. The van der Waals surface area contributed by atoms with Gasteiger partial charge in [0.25, 0.3) is 0 Å². The lowest BCUT2D eigenvalue weighted by molar-refractivity contribution is -0.120. The number of hydrogen-bond acceptors (Lipinski definition) is 3. The van der Waals surface area contributed by atoms with E-state index in [1.54, 1.807) is 11.3 Å². The predicted molar refractivity (Wildman–Crippen MR) is 80.0 cm³/mol. The molecule has 1 heterocycles. The van der Waals surface area contributed by atoms with Gasteiger partial charge in [-0.05, 0) is 42.7 Å². The minimum atomic E-state index is 0.251. The topological polar surface area (TPSA) is 30.0 Å². The molecule has 4 rings (SSSR count). The van der Waals surface area contributed by atoms with Gasteiger partial charge in [0.2, 0.25) is 0 Å². The van der Waals surface area contributed by atoms with Crippen molar-refractivity contribution in [2.75, 3.05) is 0 Å². The van der Waals surface area contributed by atoms with Crippen molar-refractivity contribution >= 4 is 17.1 Å². The molecule has 0 bridgehead atoms. The van der Waals surface area contributed by atoms with Crippen LogP contribution < -0.4 is 0 Å². The molecule has 0 spiro atoms. The van der Waals surface area contributed by atoms with Gasteiger partial charge < -0.3 is 0 Å². The molecule has 1 aromatic heterocycles. The van der Waals surface area contributed by atoms with Crippen molar-refractivity contribution in [1.82, 2.24) is 4.98 Å². The molecule has 1 fully saturated rings. The SMILES string of the molecule is Cc1nc(CC(=O)C2C3CCc4ccccc4C32)cs1. The molecule has 2 nitrogen and oxygen atoms in total. The first-order valence-electron chi connectivity index (χ1n) is 7.25. The number of carbonyl (C=O) groups excluding carboxylic acids is 1. The average molecular weight is 283 g/mol. The fourth-order valence-corrected chi connectivity index (χ4v) is 4.40. The number of benzene rings is 1. The molecule has 20 heavy (non-hydrogen) atoms. The summed E-state index contributed by atoms with van der Waals surface area (Å²) in [7, 11) is 0. The van der Waals surface area contributed by atoms with Gasteiger partial charge in [0, 0.05) is 17.7 Å². The van der Waals surface area contributed by atoms with Crippen molar-refractivity contribution in [2.45, 2.75) is 32.1 Å². The summed E-state index contributed by atoms with van der Waals surface area (Å²) >= 11 is 1.63. The maximum atomic E-state index is 12.5. The molecule has 0 amide bonds. The van der Waals surface area contributed by atoms with E-state index in [9.17, 15) is 4.79 Å². The van der Waals surface area contributed by atoms with E-state index in [1.165, 1.54) is 17.5 Å². The molecule has 2 aliphatic rings. The van der Waals surface area contributed by atoms with Crippen molar-refractivity contribution in [2.24, 2.45) is 11.8 Å². The summed E-state index contributed by atoms with van der Waals surface area (Å²) in [6, 6.07) is 8.64. The smallest absolute Gasteiger partial charge is 0.142 e. The molecule has 0 saturated heterocycles. The fourth-order valence-electron chi connectivity index (χ4n) is 3.79. The summed E-state index contributed by atoms with van der Waals surface area (Å²) in [5, 5.41) is 3.07. The van der Waals surface area contributed by atoms with E-state index in [2.05, 4.69) is 29.2 Å². The van der Waals surface area contributed by atoms with Crippen LogP contribution in [0.4, 0.5) is 0 Å². The Balaban J connectivity index is 1.53. The minimum Gasteiger partial charge on any atom is -0.299 e. The van der Waals surface area contributed by atoms with Crippen LogP contribution in [0.15, 0.2) is 29.6 Å². The third kappa shape index (κ3) is 1.92. The molecule has 2 aliphatic carbocycles. The molecule has 3 unspecified atom stereocenters. The highest BCUT2D eigenvalue weighted by Gasteiger charge is 2.56. The monoisotopic (exact) mass is 283 g/mol. The Kier molecular flexibility index (Phi) is 2.77. The lowest BCUT2D eigenvalue weighted by Gasteiger charge is -2.13. The first-order valence-corrected chi connectivity index (χ1v) is 8.13. The molecule has 0 radical (unpaired) electrons. The Morgan fingerprint density at radius 2 is 2.25 bits per heavy atom. The number of rotatable bonds is 3. The summed E-state index contributed by atoms with van der Waals surface area (Å²) in [5.74, 6) is 1.73. The first-order chi connectivity index (χ1) is 9.74. The van der Waals surface area contributed by atoms with E-state index in [-0.39, 0.29) is 5.92 Å². The van der Waals surface area contributed by atoms with Gasteiger partial charge in [0.05, 0.1) is 10.7 Å². The van der Waals surface area contributed by atoms with Crippen LogP contribution in [0.5, 0.6) is 0 Å². The molecule has 2 aromatic rings. The zero-order valence-electron chi connectivity index (χ0n) is 11.5. The molecule has 1 saturated carbocycles. The molecule has 0 N–H and O–H groups in total. The number of hydrogen-bond donors (Lipinski definition) is 0. The molecule has 1 aromatic carbocycles. The molecular weight excluding hydrogens is 266 g/mol. The third-order valence-electron chi connectivity index (χ3n) is 4.72. The number of thiazole rings is 1. The van der Waals surface area contributed by atoms with Crippen LogP contribution in [0.2, 0.25) is 0 Å². The highest BCUT2D eigenvalue weighted by Crippen LogP contribution is 2.60. The fraction of sp³-hybridized carbons (Fsp3) is 0.412. The van der Waals surface area contributed by atoms with Crippen LogP contribution in [-0.2, 0) is 17.6 Å². The quantitative estimate of drug-likeness (QED) is 0.862. The van der Waals surface area contributed by atoms with Gasteiger partial charge in [-0.25, -0.2) is 4.98 Å². The Labute approximate surface area is 122 Å². The van der Waals surface area contributed by atoms with Crippen molar-refractivity contribution in [3.63, 3.8) is 0 Å². The zero-order chi connectivity index (χ0) is 13.7. The van der Waals surface area contributed by atoms with Crippen molar-refractivity contribution in [1.29, 1.82) is 0 Å². The Hall–Kier alpha value is -1.48. The van der Waals surface area contributed by atoms with Gasteiger partial charge in [-0.15, -0.1) is 11.3 Å². The van der Waals surface area contributed by atoms with Gasteiger partial charge in [0.1, 0.15) is 5.78 Å².